The molecule has 0 aromatic heterocycles. The number of anilines is 1. The molecule has 0 spiro atoms. The molecule has 0 atom stereocenters. The van der Waals surface area contributed by atoms with Crippen molar-refractivity contribution in [2.24, 2.45) is 0 Å². The van der Waals surface area contributed by atoms with E-state index >= 15 is 0 Å². The van der Waals surface area contributed by atoms with Gasteiger partial charge in [0.15, 0.2) is 5.78 Å². The predicted molar refractivity (Wildman–Crippen MR) is 75.8 cm³/mol. The fraction of sp³-hybridized carbons (Fsp3) is 0.286. The molecule has 102 valence electrons. The molecule has 19 heavy (non-hydrogen) atoms. The number of hydrogen-bond acceptors (Lipinski definition) is 3. The third-order valence-electron chi connectivity index (χ3n) is 2.07. The second-order valence-electron chi connectivity index (χ2n) is 4.89. The van der Waals surface area contributed by atoms with Gasteiger partial charge in [-0.1, -0.05) is 18.2 Å². The lowest BCUT2D eigenvalue weighted by Crippen LogP contribution is -2.27. The first kappa shape index (κ1) is 15.2. The number of amides is 1. The van der Waals surface area contributed by atoms with Gasteiger partial charge in [-0.25, -0.2) is 4.79 Å². The summed E-state index contributed by atoms with van der Waals surface area (Å²) in [6.07, 6.45) is 0.605. The van der Waals surface area contributed by atoms with Crippen LogP contribution in [0.3, 0.4) is 0 Å². The van der Waals surface area contributed by atoms with E-state index in [1.165, 1.54) is 18.2 Å². The zero-order chi connectivity index (χ0) is 14.6. The van der Waals surface area contributed by atoms with Gasteiger partial charge in [-0.2, -0.15) is 0 Å². The zero-order valence-electron chi connectivity index (χ0n) is 11.1. The number of nitrogens with one attached hydrogen (secondary N) is 1. The van der Waals surface area contributed by atoms with E-state index in [0.29, 0.717) is 11.3 Å². The molecule has 5 heteroatoms. The average molecular weight is 282 g/mol. The standard InChI is InChI=1S/C14H16ClNO3/c1-5-12(17)10-7-6-9(8-11(10)15)16-13(18)19-14(2,3)4/h5-8H,1H2,2-4H3,(H,16,18). The molecule has 0 heterocycles. The van der Waals surface area contributed by atoms with Crippen molar-refractivity contribution in [1.29, 1.82) is 0 Å². The van der Waals surface area contributed by atoms with Crippen LogP contribution in [0.25, 0.3) is 0 Å². The normalized spacial score (nSPS) is 10.7. The molecule has 1 aromatic carbocycles. The van der Waals surface area contributed by atoms with Crippen LogP contribution in [0.2, 0.25) is 5.02 Å². The van der Waals surface area contributed by atoms with Crippen LogP contribution in [-0.4, -0.2) is 17.5 Å². The minimum absolute atomic E-state index is 0.249. The number of benzene rings is 1. The summed E-state index contributed by atoms with van der Waals surface area (Å²) in [6, 6.07) is 4.59. The molecule has 0 radical (unpaired) electrons. The van der Waals surface area contributed by atoms with Crippen molar-refractivity contribution >= 4 is 29.2 Å². The van der Waals surface area contributed by atoms with Crippen molar-refractivity contribution in [3.63, 3.8) is 0 Å². The van der Waals surface area contributed by atoms with Crippen LogP contribution in [0.5, 0.6) is 0 Å². The Morgan fingerprint density at radius 1 is 1.37 bits per heavy atom. The van der Waals surface area contributed by atoms with Gasteiger partial charge in [0, 0.05) is 11.3 Å². The van der Waals surface area contributed by atoms with Crippen molar-refractivity contribution in [3.05, 3.63) is 41.4 Å². The number of hydrogen-bond donors (Lipinski definition) is 1. The maximum atomic E-state index is 11.6. The van der Waals surface area contributed by atoms with Gasteiger partial charge in [-0.15, -0.1) is 0 Å². The summed E-state index contributed by atoms with van der Waals surface area (Å²) in [7, 11) is 0. The Bertz CT molecular complexity index is 518. The molecule has 0 aliphatic rings. The summed E-state index contributed by atoms with van der Waals surface area (Å²) in [6.45, 7) is 8.70. The largest absolute Gasteiger partial charge is 0.444 e. The Balaban J connectivity index is 2.82. The number of ketones is 1. The summed E-state index contributed by atoms with van der Waals surface area (Å²) in [5.74, 6) is -0.270. The monoisotopic (exact) mass is 281 g/mol. The first-order chi connectivity index (χ1) is 8.73. The lowest BCUT2D eigenvalue weighted by Gasteiger charge is -2.19. The Kier molecular flexibility index (Phi) is 4.72. The van der Waals surface area contributed by atoms with E-state index < -0.39 is 11.7 Å². The van der Waals surface area contributed by atoms with E-state index in [9.17, 15) is 9.59 Å². The minimum atomic E-state index is -0.577. The third-order valence-corrected chi connectivity index (χ3v) is 2.38. The van der Waals surface area contributed by atoms with Crippen LogP contribution >= 0.6 is 11.6 Å². The van der Waals surface area contributed by atoms with E-state index in [-0.39, 0.29) is 10.8 Å². The molecule has 1 N–H and O–H groups in total. The summed E-state index contributed by atoms with van der Waals surface area (Å²) in [5.41, 5.74) is 0.221. The molecule has 1 aromatic rings. The first-order valence-corrected chi connectivity index (χ1v) is 6.07. The van der Waals surface area contributed by atoms with E-state index in [4.69, 9.17) is 16.3 Å². The Labute approximate surface area is 117 Å². The average Bonchev–Trinajstić information content (AvgIpc) is 2.25. The summed E-state index contributed by atoms with van der Waals surface area (Å²) >= 11 is 5.96. The number of allylic oxidation sites excluding steroid dienone is 1. The maximum absolute atomic E-state index is 11.6. The molecular weight excluding hydrogens is 266 g/mol. The number of halogens is 1. The molecular formula is C14H16ClNO3. The van der Waals surface area contributed by atoms with Gasteiger partial charge >= 0.3 is 6.09 Å². The molecule has 1 rings (SSSR count). The van der Waals surface area contributed by atoms with Crippen molar-refractivity contribution in [2.45, 2.75) is 26.4 Å². The predicted octanol–water partition coefficient (Wildman–Crippen LogP) is 4.06. The highest BCUT2D eigenvalue weighted by Gasteiger charge is 2.16. The van der Waals surface area contributed by atoms with Crippen LogP contribution in [0.4, 0.5) is 10.5 Å². The highest BCUT2D eigenvalue weighted by Crippen LogP contribution is 2.22. The molecule has 0 saturated heterocycles. The molecule has 0 aliphatic heterocycles. The fourth-order valence-electron chi connectivity index (χ4n) is 1.32. The van der Waals surface area contributed by atoms with Crippen molar-refractivity contribution in [3.8, 4) is 0 Å². The molecule has 0 bridgehead atoms. The smallest absolute Gasteiger partial charge is 0.412 e. The lowest BCUT2D eigenvalue weighted by atomic mass is 10.1. The number of ether oxygens (including phenoxy) is 1. The molecule has 0 fully saturated rings. The van der Waals surface area contributed by atoms with Gasteiger partial charge in [0.05, 0.1) is 5.02 Å². The van der Waals surface area contributed by atoms with Gasteiger partial charge < -0.3 is 4.74 Å². The van der Waals surface area contributed by atoms with Gasteiger partial charge in [0.25, 0.3) is 0 Å². The Hall–Kier alpha value is -1.81. The van der Waals surface area contributed by atoms with Gasteiger partial charge in [0.2, 0.25) is 0 Å². The van der Waals surface area contributed by atoms with Crippen LogP contribution in [-0.2, 0) is 4.74 Å². The maximum Gasteiger partial charge on any atom is 0.412 e. The van der Waals surface area contributed by atoms with Crippen molar-refractivity contribution in [2.75, 3.05) is 5.32 Å². The highest BCUT2D eigenvalue weighted by atomic mass is 35.5. The first-order valence-electron chi connectivity index (χ1n) is 5.69. The third kappa shape index (κ3) is 4.75. The van der Waals surface area contributed by atoms with Gasteiger partial charge in [-0.3, -0.25) is 10.1 Å². The van der Waals surface area contributed by atoms with Crippen LogP contribution in [0.15, 0.2) is 30.9 Å². The van der Waals surface area contributed by atoms with E-state index in [1.54, 1.807) is 26.8 Å². The highest BCUT2D eigenvalue weighted by molar-refractivity contribution is 6.34. The zero-order valence-corrected chi connectivity index (χ0v) is 11.9. The van der Waals surface area contributed by atoms with Crippen molar-refractivity contribution < 1.29 is 14.3 Å². The van der Waals surface area contributed by atoms with Gasteiger partial charge in [-0.05, 0) is 45.0 Å². The molecule has 1 amide bonds. The summed E-state index contributed by atoms with van der Waals surface area (Å²) < 4.78 is 5.10. The second-order valence-corrected chi connectivity index (χ2v) is 5.30. The van der Waals surface area contributed by atoms with E-state index in [2.05, 4.69) is 11.9 Å². The topological polar surface area (TPSA) is 55.4 Å². The van der Waals surface area contributed by atoms with Crippen LogP contribution < -0.4 is 5.32 Å². The number of rotatable bonds is 3. The molecule has 0 unspecified atom stereocenters. The number of carbonyl (C=O) groups is 2. The second kappa shape index (κ2) is 5.89. The summed E-state index contributed by atoms with van der Waals surface area (Å²) in [5, 5.41) is 2.79. The minimum Gasteiger partial charge on any atom is -0.444 e. The van der Waals surface area contributed by atoms with Crippen molar-refractivity contribution in [1.82, 2.24) is 0 Å². The van der Waals surface area contributed by atoms with Gasteiger partial charge in [0.1, 0.15) is 5.60 Å². The van der Waals surface area contributed by atoms with Crippen LogP contribution in [0.1, 0.15) is 31.1 Å². The Morgan fingerprint density at radius 2 is 2.00 bits per heavy atom. The summed E-state index contributed by atoms with van der Waals surface area (Å²) in [4.78, 5) is 23.0. The van der Waals surface area contributed by atoms with Crippen LogP contribution in [0, 0.1) is 0 Å². The lowest BCUT2D eigenvalue weighted by molar-refractivity contribution is 0.0636. The Morgan fingerprint density at radius 3 is 2.47 bits per heavy atom. The molecule has 0 saturated carbocycles. The number of carbonyl (C=O) groups excluding carboxylic acids is 2. The SMILES string of the molecule is C=CC(=O)c1ccc(NC(=O)OC(C)(C)C)cc1Cl. The molecule has 4 nitrogen and oxygen atoms in total. The quantitative estimate of drug-likeness (QED) is 0.671. The molecule has 0 aliphatic carbocycles. The van der Waals surface area contributed by atoms with E-state index in [1.807, 2.05) is 0 Å². The van der Waals surface area contributed by atoms with E-state index in [0.717, 1.165) is 0 Å². The fourth-order valence-corrected chi connectivity index (χ4v) is 1.60.